The van der Waals surface area contributed by atoms with E-state index in [9.17, 15) is 10.1 Å². The van der Waals surface area contributed by atoms with Gasteiger partial charge in [-0.15, -0.1) is 0 Å². The number of aromatic amines is 1. The molecule has 4 rings (SSSR count). The van der Waals surface area contributed by atoms with Crippen LogP contribution in [0.5, 0.6) is 5.75 Å². The van der Waals surface area contributed by atoms with E-state index in [-0.39, 0.29) is 11.4 Å². The van der Waals surface area contributed by atoms with Gasteiger partial charge in [-0.25, -0.2) is 4.98 Å². The van der Waals surface area contributed by atoms with E-state index in [4.69, 9.17) is 10.5 Å². The Morgan fingerprint density at radius 3 is 2.59 bits per heavy atom. The van der Waals surface area contributed by atoms with E-state index in [1.165, 1.54) is 10.6 Å². The molecule has 2 aromatic carbocycles. The highest BCUT2D eigenvalue weighted by Crippen LogP contribution is 2.27. The molecule has 0 aliphatic carbocycles. The summed E-state index contributed by atoms with van der Waals surface area (Å²) in [7, 11) is 1.56. The number of nitrogen functional groups attached to an aromatic ring is 1. The van der Waals surface area contributed by atoms with Crippen LogP contribution in [0.3, 0.4) is 0 Å². The Bertz CT molecular complexity index is 1210. The van der Waals surface area contributed by atoms with Gasteiger partial charge < -0.3 is 15.5 Å². The lowest BCUT2D eigenvalue weighted by molar-refractivity contribution is 0.414. The van der Waals surface area contributed by atoms with E-state index >= 15 is 0 Å². The van der Waals surface area contributed by atoms with Crippen molar-refractivity contribution in [3.63, 3.8) is 0 Å². The zero-order chi connectivity index (χ0) is 19.0. The van der Waals surface area contributed by atoms with E-state index in [0.29, 0.717) is 22.8 Å². The van der Waals surface area contributed by atoms with Gasteiger partial charge in [0, 0.05) is 0 Å². The van der Waals surface area contributed by atoms with Gasteiger partial charge in [0.1, 0.15) is 29.0 Å². The molecular formula is C20H15N5O2. The fourth-order valence-electron chi connectivity index (χ4n) is 2.97. The van der Waals surface area contributed by atoms with Gasteiger partial charge in [0.15, 0.2) is 0 Å². The number of hydrogen-bond donors (Lipinski definition) is 2. The first kappa shape index (κ1) is 16.4. The lowest BCUT2D eigenvalue weighted by atomic mass is 10.1. The van der Waals surface area contributed by atoms with Gasteiger partial charge in [-0.2, -0.15) is 5.26 Å². The smallest absolute Gasteiger partial charge is 0.274 e. The molecule has 0 unspecified atom stereocenters. The summed E-state index contributed by atoms with van der Waals surface area (Å²) in [4.78, 5) is 20.4. The Morgan fingerprint density at radius 1 is 1.19 bits per heavy atom. The standard InChI is InChI=1S/C20H15N5O2/c1-27-14-8-6-13(7-9-14)25-18(22)15(10-12(11-21)20(25)26)19-23-16-4-2-3-5-17(16)24-19/h2-10H,22H2,1H3,(H,23,24). The highest BCUT2D eigenvalue weighted by molar-refractivity contribution is 5.82. The largest absolute Gasteiger partial charge is 0.497 e. The average molecular weight is 357 g/mol. The van der Waals surface area contributed by atoms with Crippen molar-refractivity contribution in [3.05, 3.63) is 70.5 Å². The number of imidazole rings is 1. The predicted molar refractivity (Wildman–Crippen MR) is 103 cm³/mol. The normalized spacial score (nSPS) is 10.7. The van der Waals surface area contributed by atoms with Gasteiger partial charge in [0.2, 0.25) is 0 Å². The van der Waals surface area contributed by atoms with Crippen molar-refractivity contribution >= 4 is 16.9 Å². The molecule has 0 fully saturated rings. The molecule has 132 valence electrons. The van der Waals surface area contributed by atoms with E-state index in [1.54, 1.807) is 31.4 Å². The molecular weight excluding hydrogens is 342 g/mol. The van der Waals surface area contributed by atoms with Crippen molar-refractivity contribution < 1.29 is 4.74 Å². The number of para-hydroxylation sites is 2. The fraction of sp³-hybridized carbons (Fsp3) is 0.0500. The number of hydrogen-bond acceptors (Lipinski definition) is 5. The summed E-state index contributed by atoms with van der Waals surface area (Å²) < 4.78 is 6.46. The zero-order valence-corrected chi connectivity index (χ0v) is 14.4. The molecule has 7 heteroatoms. The number of rotatable bonds is 3. The molecule has 4 aromatic rings. The van der Waals surface area contributed by atoms with Crippen LogP contribution in [0.25, 0.3) is 28.1 Å². The minimum atomic E-state index is -0.486. The third-order valence-electron chi connectivity index (χ3n) is 4.33. The maximum absolute atomic E-state index is 12.7. The molecule has 0 radical (unpaired) electrons. The first-order valence-electron chi connectivity index (χ1n) is 8.17. The number of nitrogens with one attached hydrogen (secondary N) is 1. The van der Waals surface area contributed by atoms with Crippen LogP contribution in [0.2, 0.25) is 0 Å². The molecule has 0 spiro atoms. The van der Waals surface area contributed by atoms with Crippen LogP contribution < -0.4 is 16.0 Å². The van der Waals surface area contributed by atoms with Crippen molar-refractivity contribution in [2.75, 3.05) is 12.8 Å². The molecule has 7 nitrogen and oxygen atoms in total. The van der Waals surface area contributed by atoms with Gasteiger partial charge >= 0.3 is 0 Å². The first-order chi connectivity index (χ1) is 13.1. The van der Waals surface area contributed by atoms with E-state index in [0.717, 1.165) is 11.0 Å². The second kappa shape index (κ2) is 6.35. The predicted octanol–water partition coefficient (Wildman–Crippen LogP) is 2.84. The van der Waals surface area contributed by atoms with Crippen LogP contribution in [0.4, 0.5) is 5.82 Å². The number of ether oxygens (including phenoxy) is 1. The topological polar surface area (TPSA) is 110 Å². The van der Waals surface area contributed by atoms with E-state index in [2.05, 4.69) is 9.97 Å². The van der Waals surface area contributed by atoms with Gasteiger partial charge in [-0.05, 0) is 42.5 Å². The molecule has 0 atom stereocenters. The SMILES string of the molecule is COc1ccc(-n2c(N)c(-c3nc4ccccc4[nH]3)cc(C#N)c2=O)cc1. The maximum Gasteiger partial charge on any atom is 0.274 e. The number of fused-ring (bicyclic) bond motifs is 1. The number of H-pyrrole nitrogens is 1. The van der Waals surface area contributed by atoms with Crippen LogP contribution >= 0.6 is 0 Å². The van der Waals surface area contributed by atoms with Crippen LogP contribution in [0.1, 0.15) is 5.56 Å². The highest BCUT2D eigenvalue weighted by Gasteiger charge is 2.17. The van der Waals surface area contributed by atoms with Crippen molar-refractivity contribution in [3.8, 4) is 28.9 Å². The van der Waals surface area contributed by atoms with E-state index in [1.807, 2.05) is 30.3 Å². The summed E-state index contributed by atoms with van der Waals surface area (Å²) in [5, 5.41) is 9.42. The fourth-order valence-corrected chi connectivity index (χ4v) is 2.97. The van der Waals surface area contributed by atoms with Crippen molar-refractivity contribution in [2.24, 2.45) is 0 Å². The minimum absolute atomic E-state index is 0.0181. The summed E-state index contributed by atoms with van der Waals surface area (Å²) in [5.41, 5.74) is 8.45. The summed E-state index contributed by atoms with van der Waals surface area (Å²) in [6, 6.07) is 17.8. The highest BCUT2D eigenvalue weighted by atomic mass is 16.5. The lowest BCUT2D eigenvalue weighted by Crippen LogP contribution is -2.24. The Kier molecular flexibility index (Phi) is 3.86. The third kappa shape index (κ3) is 2.69. The number of benzene rings is 2. The quantitative estimate of drug-likeness (QED) is 0.586. The average Bonchev–Trinajstić information content (AvgIpc) is 3.12. The maximum atomic E-state index is 12.7. The molecule has 0 saturated heterocycles. The summed E-state index contributed by atoms with van der Waals surface area (Å²) in [5.74, 6) is 1.34. The number of anilines is 1. The Balaban J connectivity index is 1.98. The number of nitriles is 1. The molecule has 0 amide bonds. The molecule has 3 N–H and O–H groups in total. The van der Waals surface area contributed by atoms with Crippen molar-refractivity contribution in [1.29, 1.82) is 5.26 Å². The minimum Gasteiger partial charge on any atom is -0.497 e. The lowest BCUT2D eigenvalue weighted by Gasteiger charge is -2.14. The molecule has 2 heterocycles. The number of nitrogens with zero attached hydrogens (tertiary/aromatic N) is 3. The van der Waals surface area contributed by atoms with Crippen LogP contribution in [-0.2, 0) is 0 Å². The Morgan fingerprint density at radius 2 is 1.93 bits per heavy atom. The monoisotopic (exact) mass is 357 g/mol. The van der Waals surface area contributed by atoms with Gasteiger partial charge in [0.05, 0.1) is 29.4 Å². The van der Waals surface area contributed by atoms with Crippen LogP contribution in [-0.4, -0.2) is 21.6 Å². The Hall–Kier alpha value is -4.05. The Labute approximate surface area is 154 Å². The number of methoxy groups -OCH3 is 1. The number of nitrogens with two attached hydrogens (primary N) is 1. The summed E-state index contributed by atoms with van der Waals surface area (Å²) in [6.07, 6.45) is 0. The second-order valence-corrected chi connectivity index (χ2v) is 5.91. The second-order valence-electron chi connectivity index (χ2n) is 5.91. The van der Waals surface area contributed by atoms with Crippen molar-refractivity contribution in [2.45, 2.75) is 0 Å². The van der Waals surface area contributed by atoms with Crippen molar-refractivity contribution in [1.82, 2.24) is 14.5 Å². The van der Waals surface area contributed by atoms with Crippen LogP contribution in [0.15, 0.2) is 59.4 Å². The third-order valence-corrected chi connectivity index (χ3v) is 4.33. The molecule has 0 aliphatic heterocycles. The van der Waals surface area contributed by atoms with Gasteiger partial charge in [-0.1, -0.05) is 12.1 Å². The molecule has 0 bridgehead atoms. The molecule has 27 heavy (non-hydrogen) atoms. The molecule has 2 aromatic heterocycles. The number of pyridine rings is 1. The van der Waals surface area contributed by atoms with Gasteiger partial charge in [-0.3, -0.25) is 9.36 Å². The van der Waals surface area contributed by atoms with E-state index < -0.39 is 5.56 Å². The zero-order valence-electron chi connectivity index (χ0n) is 14.4. The molecule has 0 saturated carbocycles. The first-order valence-corrected chi connectivity index (χ1v) is 8.17. The van der Waals surface area contributed by atoms with Crippen LogP contribution in [0, 0.1) is 11.3 Å². The summed E-state index contributed by atoms with van der Waals surface area (Å²) in [6.45, 7) is 0. The molecule has 0 aliphatic rings. The van der Waals surface area contributed by atoms with Gasteiger partial charge in [0.25, 0.3) is 5.56 Å². The number of aromatic nitrogens is 3. The summed E-state index contributed by atoms with van der Waals surface area (Å²) >= 11 is 0.